The summed E-state index contributed by atoms with van der Waals surface area (Å²) in [4.78, 5) is 2.22. The van der Waals surface area contributed by atoms with Gasteiger partial charge >= 0.3 is 0 Å². The maximum absolute atomic E-state index is 13.1. The van der Waals surface area contributed by atoms with Gasteiger partial charge < -0.3 is 15.4 Å². The molecule has 2 N–H and O–H groups in total. The van der Waals surface area contributed by atoms with E-state index < -0.39 is 11.6 Å². The highest BCUT2D eigenvalue weighted by molar-refractivity contribution is 5.62. The average Bonchev–Trinajstić information content (AvgIpc) is 2.51. The zero-order chi connectivity index (χ0) is 15.5. The third-order valence-corrected chi connectivity index (χ3v) is 3.85. The molecule has 0 spiro atoms. The fourth-order valence-corrected chi connectivity index (χ4v) is 2.74. The Hall–Kier alpha value is -2.30. The average molecular weight is 304 g/mol. The third-order valence-electron chi connectivity index (χ3n) is 3.85. The minimum absolute atomic E-state index is 0.337. The smallest absolute Gasteiger partial charge is 0.162 e. The molecule has 0 aromatic heterocycles. The van der Waals surface area contributed by atoms with Gasteiger partial charge in [0.2, 0.25) is 0 Å². The predicted molar refractivity (Wildman–Crippen MR) is 83.2 cm³/mol. The van der Waals surface area contributed by atoms with Crippen molar-refractivity contribution in [1.29, 1.82) is 0 Å². The van der Waals surface area contributed by atoms with E-state index >= 15 is 0 Å². The van der Waals surface area contributed by atoms with E-state index in [1.807, 2.05) is 12.1 Å². The topological polar surface area (TPSA) is 38.5 Å². The molecule has 1 aliphatic heterocycles. The summed E-state index contributed by atoms with van der Waals surface area (Å²) < 4.78 is 31.5. The van der Waals surface area contributed by atoms with Crippen molar-refractivity contribution >= 4 is 11.4 Å². The number of benzene rings is 2. The molecule has 0 saturated heterocycles. The van der Waals surface area contributed by atoms with Gasteiger partial charge in [0.1, 0.15) is 12.4 Å². The van der Waals surface area contributed by atoms with Crippen LogP contribution in [0.25, 0.3) is 0 Å². The lowest BCUT2D eigenvalue weighted by Gasteiger charge is -2.31. The molecule has 2 aromatic rings. The Bertz CT molecular complexity index is 676. The van der Waals surface area contributed by atoms with Gasteiger partial charge in [-0.2, -0.15) is 0 Å². The van der Waals surface area contributed by atoms with Gasteiger partial charge in [0.25, 0.3) is 0 Å². The first-order valence-corrected chi connectivity index (χ1v) is 7.35. The van der Waals surface area contributed by atoms with E-state index in [9.17, 15) is 8.78 Å². The lowest BCUT2D eigenvalue weighted by atomic mass is 10.0. The summed E-state index contributed by atoms with van der Waals surface area (Å²) in [5, 5.41) is 0. The third kappa shape index (κ3) is 3.13. The van der Waals surface area contributed by atoms with Gasteiger partial charge in [-0.15, -0.1) is 0 Å². The largest absolute Gasteiger partial charge is 0.492 e. The number of nitrogens with zero attached hydrogens (tertiary/aromatic N) is 1. The summed E-state index contributed by atoms with van der Waals surface area (Å²) in [6.07, 6.45) is 2.14. The van der Waals surface area contributed by atoms with Crippen LogP contribution < -0.4 is 15.4 Å². The fourth-order valence-electron chi connectivity index (χ4n) is 2.74. The number of nitrogen functional groups attached to an aromatic ring is 1. The van der Waals surface area contributed by atoms with E-state index in [2.05, 4.69) is 11.0 Å². The Morgan fingerprint density at radius 2 is 1.95 bits per heavy atom. The molecule has 2 aromatic carbocycles. The van der Waals surface area contributed by atoms with E-state index in [0.29, 0.717) is 18.9 Å². The van der Waals surface area contributed by atoms with Gasteiger partial charge in [-0.25, -0.2) is 8.78 Å². The van der Waals surface area contributed by atoms with E-state index in [-0.39, 0.29) is 0 Å². The fraction of sp³-hybridized carbons (Fsp3) is 0.294. The highest BCUT2D eigenvalue weighted by atomic mass is 19.2. The summed E-state index contributed by atoms with van der Waals surface area (Å²) in [7, 11) is 0. The molecule has 0 fully saturated rings. The molecule has 0 radical (unpaired) electrons. The van der Waals surface area contributed by atoms with Crippen LogP contribution in [0.5, 0.6) is 5.75 Å². The van der Waals surface area contributed by atoms with Crippen molar-refractivity contribution in [1.82, 2.24) is 0 Å². The van der Waals surface area contributed by atoms with Gasteiger partial charge in [-0.05, 0) is 42.7 Å². The van der Waals surface area contributed by atoms with Crippen molar-refractivity contribution < 1.29 is 13.5 Å². The quantitative estimate of drug-likeness (QED) is 0.880. The summed E-state index contributed by atoms with van der Waals surface area (Å²) in [5.41, 5.74) is 9.03. The first-order valence-electron chi connectivity index (χ1n) is 7.35. The van der Waals surface area contributed by atoms with Crippen molar-refractivity contribution in [3.63, 3.8) is 0 Å². The minimum Gasteiger partial charge on any atom is -0.492 e. The lowest BCUT2D eigenvalue weighted by Crippen LogP contribution is -2.33. The van der Waals surface area contributed by atoms with Gasteiger partial charge in [-0.1, -0.05) is 6.07 Å². The van der Waals surface area contributed by atoms with Crippen LogP contribution in [0.1, 0.15) is 12.0 Å². The number of aryl methyl sites for hydroxylation is 1. The molecular weight excluding hydrogens is 286 g/mol. The van der Waals surface area contributed by atoms with Crippen LogP contribution in [0.15, 0.2) is 36.4 Å². The summed E-state index contributed by atoms with van der Waals surface area (Å²) in [6.45, 7) is 2.02. The van der Waals surface area contributed by atoms with Gasteiger partial charge in [0.05, 0.1) is 6.54 Å². The monoisotopic (exact) mass is 304 g/mol. The number of hydrogen-bond donors (Lipinski definition) is 1. The number of fused-ring (bicyclic) bond motifs is 1. The van der Waals surface area contributed by atoms with Gasteiger partial charge in [-0.3, -0.25) is 0 Å². The maximum Gasteiger partial charge on any atom is 0.162 e. The van der Waals surface area contributed by atoms with Gasteiger partial charge in [0, 0.05) is 24.0 Å². The predicted octanol–water partition coefficient (Wildman–Crippen LogP) is 3.38. The molecule has 22 heavy (non-hydrogen) atoms. The zero-order valence-corrected chi connectivity index (χ0v) is 12.2. The van der Waals surface area contributed by atoms with Crippen molar-refractivity contribution in [2.45, 2.75) is 12.8 Å². The number of halogens is 2. The number of ether oxygens (including phenoxy) is 1. The van der Waals surface area contributed by atoms with Crippen molar-refractivity contribution in [2.75, 3.05) is 30.3 Å². The Balaban J connectivity index is 1.63. The molecule has 1 aliphatic rings. The van der Waals surface area contributed by atoms with E-state index in [4.69, 9.17) is 10.5 Å². The highest BCUT2D eigenvalue weighted by Gasteiger charge is 2.16. The van der Waals surface area contributed by atoms with Crippen molar-refractivity contribution in [3.8, 4) is 5.75 Å². The zero-order valence-electron chi connectivity index (χ0n) is 12.2. The second-order valence-corrected chi connectivity index (χ2v) is 5.40. The molecule has 3 rings (SSSR count). The molecule has 0 saturated carbocycles. The van der Waals surface area contributed by atoms with Crippen LogP contribution in [-0.4, -0.2) is 19.7 Å². The molecule has 0 unspecified atom stereocenters. The van der Waals surface area contributed by atoms with Gasteiger partial charge in [0.15, 0.2) is 11.6 Å². The molecule has 0 bridgehead atoms. The van der Waals surface area contributed by atoms with Crippen LogP contribution in [0.4, 0.5) is 20.2 Å². The molecule has 0 atom stereocenters. The number of nitrogens with two attached hydrogens (primary N) is 1. The summed E-state index contributed by atoms with van der Waals surface area (Å²) in [5.74, 6) is -1.43. The van der Waals surface area contributed by atoms with E-state index in [0.717, 1.165) is 42.9 Å². The molecule has 0 aliphatic carbocycles. The lowest BCUT2D eigenvalue weighted by molar-refractivity contribution is 0.319. The van der Waals surface area contributed by atoms with Crippen molar-refractivity contribution in [2.24, 2.45) is 0 Å². The first-order chi connectivity index (χ1) is 10.6. The highest BCUT2D eigenvalue weighted by Crippen LogP contribution is 2.28. The molecule has 3 nitrogen and oxygen atoms in total. The Kier molecular flexibility index (Phi) is 4.13. The second-order valence-electron chi connectivity index (χ2n) is 5.40. The molecular formula is C17H18F2N2O. The second kappa shape index (κ2) is 6.22. The summed E-state index contributed by atoms with van der Waals surface area (Å²) >= 11 is 0. The normalized spacial score (nSPS) is 13.8. The van der Waals surface area contributed by atoms with Crippen LogP contribution in [-0.2, 0) is 6.42 Å². The Morgan fingerprint density at radius 3 is 2.77 bits per heavy atom. The first kappa shape index (κ1) is 14.6. The number of hydrogen-bond acceptors (Lipinski definition) is 3. The standard InChI is InChI=1S/C17H18F2N2O/c18-15-6-5-14(11-16(15)19)22-9-8-21-7-1-2-12-3-4-13(20)10-17(12)21/h3-6,10-11H,1-2,7-9,20H2. The molecule has 0 amide bonds. The van der Waals surface area contributed by atoms with Crippen molar-refractivity contribution in [3.05, 3.63) is 53.6 Å². The summed E-state index contributed by atoms with van der Waals surface area (Å²) in [6, 6.07) is 9.53. The number of anilines is 2. The van der Waals surface area contributed by atoms with Crippen LogP contribution in [0, 0.1) is 11.6 Å². The Labute approximate surface area is 128 Å². The number of rotatable bonds is 4. The van der Waals surface area contributed by atoms with Crippen LogP contribution in [0.3, 0.4) is 0 Å². The van der Waals surface area contributed by atoms with E-state index in [1.165, 1.54) is 11.6 Å². The van der Waals surface area contributed by atoms with Crippen LogP contribution in [0.2, 0.25) is 0 Å². The molecule has 5 heteroatoms. The maximum atomic E-state index is 13.1. The Morgan fingerprint density at radius 1 is 1.09 bits per heavy atom. The van der Waals surface area contributed by atoms with E-state index in [1.54, 1.807) is 0 Å². The molecule has 116 valence electrons. The minimum atomic E-state index is -0.895. The SMILES string of the molecule is Nc1ccc2c(c1)N(CCOc1ccc(F)c(F)c1)CCC2. The molecule has 1 heterocycles. The van der Waals surface area contributed by atoms with Crippen LogP contribution >= 0.6 is 0 Å².